The molecule has 0 N–H and O–H groups in total. The molecule has 0 unspecified atom stereocenters. The number of anilines is 1. The molecular formula is C26H28ClN3OS2. The molecule has 5 rings (SSSR count). The Hall–Kier alpha value is -1.89. The van der Waals surface area contributed by atoms with Gasteiger partial charge in [0.1, 0.15) is 9.93 Å². The van der Waals surface area contributed by atoms with Gasteiger partial charge in [-0.05, 0) is 61.7 Å². The van der Waals surface area contributed by atoms with Gasteiger partial charge < -0.3 is 4.90 Å². The summed E-state index contributed by atoms with van der Waals surface area (Å²) in [5.74, 6) is 0.116. The highest BCUT2D eigenvalue weighted by Gasteiger charge is 2.42. The van der Waals surface area contributed by atoms with E-state index in [0.717, 1.165) is 56.5 Å². The number of thioether (sulfide) groups is 2. The minimum absolute atomic E-state index is 0.116. The number of fused-ring (bicyclic) bond motifs is 1. The molecule has 1 saturated heterocycles. The van der Waals surface area contributed by atoms with E-state index in [1.807, 2.05) is 23.1 Å². The van der Waals surface area contributed by atoms with E-state index in [-0.39, 0.29) is 11.9 Å². The molecule has 1 aliphatic carbocycles. The lowest BCUT2D eigenvalue weighted by Crippen LogP contribution is -2.40. The maximum atomic E-state index is 13.8. The first-order valence-corrected chi connectivity index (χ1v) is 13.8. The summed E-state index contributed by atoms with van der Waals surface area (Å²) in [6, 6.07) is 16.7. The van der Waals surface area contributed by atoms with Crippen molar-refractivity contribution in [2.45, 2.75) is 56.4 Å². The lowest BCUT2D eigenvalue weighted by atomic mass is 9.94. The Morgan fingerprint density at radius 3 is 2.61 bits per heavy atom. The van der Waals surface area contributed by atoms with Crippen molar-refractivity contribution in [3.05, 3.63) is 69.1 Å². The number of halogens is 1. The van der Waals surface area contributed by atoms with Crippen LogP contribution in [0.5, 0.6) is 0 Å². The predicted molar refractivity (Wildman–Crippen MR) is 141 cm³/mol. The van der Waals surface area contributed by atoms with Crippen LogP contribution < -0.4 is 4.90 Å². The maximum Gasteiger partial charge on any atom is 0.269 e. The van der Waals surface area contributed by atoms with E-state index in [1.54, 1.807) is 23.5 Å². The van der Waals surface area contributed by atoms with Gasteiger partial charge in [-0.25, -0.2) is 0 Å². The summed E-state index contributed by atoms with van der Waals surface area (Å²) in [4.78, 5) is 25.0. The van der Waals surface area contributed by atoms with Crippen LogP contribution in [0.3, 0.4) is 0 Å². The third-order valence-corrected chi connectivity index (χ3v) is 9.04. The van der Waals surface area contributed by atoms with Gasteiger partial charge in [0.2, 0.25) is 0 Å². The Kier molecular flexibility index (Phi) is 7.05. The normalized spacial score (nSPS) is 22.5. The number of hydrogen-bond acceptors (Lipinski definition) is 5. The van der Waals surface area contributed by atoms with Crippen LogP contribution in [0.1, 0.15) is 44.6 Å². The lowest BCUT2D eigenvalue weighted by Gasteiger charge is -2.30. The minimum atomic E-state index is 0.116. The Morgan fingerprint density at radius 1 is 1.06 bits per heavy atom. The van der Waals surface area contributed by atoms with E-state index in [4.69, 9.17) is 16.6 Å². The summed E-state index contributed by atoms with van der Waals surface area (Å²) in [5, 5.41) is 2.60. The van der Waals surface area contributed by atoms with E-state index in [2.05, 4.69) is 42.2 Å². The summed E-state index contributed by atoms with van der Waals surface area (Å²) in [6.07, 6.45) is 6.63. The molecular weight excluding hydrogens is 470 g/mol. The van der Waals surface area contributed by atoms with E-state index < -0.39 is 0 Å². The van der Waals surface area contributed by atoms with Gasteiger partial charge in [0.05, 0.1) is 5.69 Å². The van der Waals surface area contributed by atoms with Crippen molar-refractivity contribution in [1.29, 1.82) is 0 Å². The summed E-state index contributed by atoms with van der Waals surface area (Å²) in [7, 11) is 0. The monoisotopic (exact) mass is 497 g/mol. The number of nitrogens with zero attached hydrogens (tertiary/aromatic N) is 3. The van der Waals surface area contributed by atoms with Crippen molar-refractivity contribution in [2.75, 3.05) is 18.0 Å². The predicted octanol–water partition coefficient (Wildman–Crippen LogP) is 6.95. The summed E-state index contributed by atoms with van der Waals surface area (Å²) < 4.78 is 0. The minimum Gasteiger partial charge on any atom is -0.334 e. The molecule has 1 saturated carbocycles. The topological polar surface area (TPSA) is 35.9 Å². The van der Waals surface area contributed by atoms with Gasteiger partial charge in [-0.1, -0.05) is 73.0 Å². The average molecular weight is 498 g/mol. The van der Waals surface area contributed by atoms with E-state index in [9.17, 15) is 4.79 Å². The SMILES string of the molecule is CCN1/C(=C2/SC(=NCCc3ccccc3)N(C3CCCCC3)C2=O)Sc2ccc(Cl)cc21. The third kappa shape index (κ3) is 4.71. The van der Waals surface area contributed by atoms with Crippen molar-refractivity contribution < 1.29 is 4.79 Å². The van der Waals surface area contributed by atoms with E-state index in [0.29, 0.717) is 6.54 Å². The third-order valence-electron chi connectivity index (χ3n) is 6.42. The smallest absolute Gasteiger partial charge is 0.269 e. The molecule has 172 valence electrons. The fourth-order valence-electron chi connectivity index (χ4n) is 4.75. The Labute approximate surface area is 209 Å². The van der Waals surface area contributed by atoms with Gasteiger partial charge in [-0.2, -0.15) is 0 Å². The fraction of sp³-hybridized carbons (Fsp3) is 0.385. The lowest BCUT2D eigenvalue weighted by molar-refractivity contribution is -0.124. The number of rotatable bonds is 5. The van der Waals surface area contributed by atoms with Crippen LogP contribution in [0.15, 0.2) is 68.4 Å². The zero-order chi connectivity index (χ0) is 22.8. The van der Waals surface area contributed by atoms with E-state index >= 15 is 0 Å². The first-order valence-electron chi connectivity index (χ1n) is 11.7. The maximum absolute atomic E-state index is 13.8. The van der Waals surface area contributed by atoms with Crippen LogP contribution in [0, 0.1) is 0 Å². The van der Waals surface area contributed by atoms with Gasteiger partial charge >= 0.3 is 0 Å². The van der Waals surface area contributed by atoms with Crippen LogP contribution >= 0.6 is 35.1 Å². The molecule has 1 amide bonds. The second-order valence-corrected chi connectivity index (χ2v) is 11.0. The molecule has 3 aliphatic rings. The fourth-order valence-corrected chi connectivity index (χ4v) is 7.35. The molecule has 0 spiro atoms. The molecule has 7 heteroatoms. The molecule has 0 radical (unpaired) electrons. The molecule has 0 atom stereocenters. The van der Waals surface area contributed by atoms with Gasteiger partial charge in [0.25, 0.3) is 5.91 Å². The van der Waals surface area contributed by atoms with Crippen molar-refractivity contribution >= 4 is 51.9 Å². The van der Waals surface area contributed by atoms with Gasteiger partial charge in [-0.15, -0.1) is 0 Å². The second kappa shape index (κ2) is 10.2. The van der Waals surface area contributed by atoms with Gasteiger partial charge in [-0.3, -0.25) is 14.7 Å². The standard InChI is InChI=1S/C26H28ClN3OS2/c1-2-29-21-17-19(27)13-14-22(21)32-25(29)23-24(31)30(20-11-7-4-8-12-20)26(33-23)28-16-15-18-9-5-3-6-10-18/h3,5-6,9-10,13-14,17,20H,2,4,7-8,11-12,15-16H2,1H3/b25-23-,28-26?. The Balaban J connectivity index is 1.46. The first-order chi connectivity index (χ1) is 16.2. The zero-order valence-corrected chi connectivity index (χ0v) is 21.2. The number of amidine groups is 1. The Bertz CT molecular complexity index is 1100. The van der Waals surface area contributed by atoms with Crippen LogP contribution in [-0.4, -0.2) is 35.1 Å². The molecule has 2 aliphatic heterocycles. The van der Waals surface area contributed by atoms with Gasteiger partial charge in [0, 0.05) is 29.0 Å². The number of carbonyl (C=O) groups excluding carboxylic acids is 1. The van der Waals surface area contributed by atoms with Crippen molar-refractivity contribution in [1.82, 2.24) is 4.90 Å². The first kappa shape index (κ1) is 22.9. The highest BCUT2D eigenvalue weighted by Crippen LogP contribution is 2.51. The summed E-state index contributed by atoms with van der Waals surface area (Å²) >= 11 is 9.52. The largest absolute Gasteiger partial charge is 0.334 e. The van der Waals surface area contributed by atoms with Crippen molar-refractivity contribution in [3.63, 3.8) is 0 Å². The van der Waals surface area contributed by atoms with Crippen molar-refractivity contribution in [2.24, 2.45) is 4.99 Å². The van der Waals surface area contributed by atoms with E-state index in [1.165, 1.54) is 24.8 Å². The van der Waals surface area contributed by atoms with Crippen LogP contribution in [0.25, 0.3) is 0 Å². The van der Waals surface area contributed by atoms with Crippen LogP contribution in [0.2, 0.25) is 5.02 Å². The zero-order valence-electron chi connectivity index (χ0n) is 18.8. The van der Waals surface area contributed by atoms with Crippen molar-refractivity contribution in [3.8, 4) is 0 Å². The number of hydrogen-bond donors (Lipinski definition) is 0. The number of benzene rings is 2. The Morgan fingerprint density at radius 2 is 1.85 bits per heavy atom. The highest BCUT2D eigenvalue weighted by molar-refractivity contribution is 8.19. The second-order valence-electron chi connectivity index (χ2n) is 8.56. The number of amides is 1. The molecule has 33 heavy (non-hydrogen) atoms. The molecule has 0 aromatic heterocycles. The van der Waals surface area contributed by atoms with Crippen LogP contribution in [-0.2, 0) is 11.2 Å². The molecule has 2 aromatic rings. The highest BCUT2D eigenvalue weighted by atomic mass is 35.5. The van der Waals surface area contributed by atoms with Gasteiger partial charge in [0.15, 0.2) is 5.17 Å². The summed E-state index contributed by atoms with van der Waals surface area (Å²) in [5.41, 5.74) is 2.36. The quantitative estimate of drug-likeness (QED) is 0.419. The number of carbonyl (C=O) groups is 1. The molecule has 2 fully saturated rings. The average Bonchev–Trinajstić information content (AvgIpc) is 3.36. The molecule has 2 aromatic carbocycles. The summed E-state index contributed by atoms with van der Waals surface area (Å²) in [6.45, 7) is 3.60. The van der Waals surface area contributed by atoms with Crippen LogP contribution in [0.4, 0.5) is 5.69 Å². The molecule has 4 nitrogen and oxygen atoms in total. The molecule has 0 bridgehead atoms. The molecule has 2 heterocycles. The number of aliphatic imine (C=N–C) groups is 1.